The van der Waals surface area contributed by atoms with Gasteiger partial charge < -0.3 is 29.0 Å². The summed E-state index contributed by atoms with van der Waals surface area (Å²) in [6.07, 6.45) is 0. The summed E-state index contributed by atoms with van der Waals surface area (Å²) in [6, 6.07) is 12.3. The van der Waals surface area contributed by atoms with Crippen molar-refractivity contribution in [2.45, 2.75) is 26.9 Å². The number of fused-ring (bicyclic) bond motifs is 1. The van der Waals surface area contributed by atoms with Crippen molar-refractivity contribution in [3.05, 3.63) is 76.4 Å². The Morgan fingerprint density at radius 1 is 1.06 bits per heavy atom. The smallest absolute Gasteiger partial charge is 0.268 e. The predicted molar refractivity (Wildman–Crippen MR) is 126 cm³/mol. The molecule has 1 saturated heterocycles. The van der Waals surface area contributed by atoms with E-state index in [4.69, 9.17) is 14.2 Å². The third kappa shape index (κ3) is 4.21. The minimum atomic E-state index is -0.284. The highest BCUT2D eigenvalue weighted by molar-refractivity contribution is 5.96. The Bertz CT molecular complexity index is 1220. The maximum Gasteiger partial charge on any atom is 0.268 e. The molecule has 3 heterocycles. The van der Waals surface area contributed by atoms with Crippen LogP contribution in [0.2, 0.25) is 0 Å². The molecule has 2 aliphatic rings. The quantitative estimate of drug-likeness (QED) is 0.600. The van der Waals surface area contributed by atoms with Gasteiger partial charge in [0.15, 0.2) is 11.5 Å². The van der Waals surface area contributed by atoms with Crippen molar-refractivity contribution in [2.24, 2.45) is 0 Å². The first-order chi connectivity index (χ1) is 16.5. The minimum Gasteiger partial charge on any atom is -0.454 e. The summed E-state index contributed by atoms with van der Waals surface area (Å²) in [5, 5.41) is 3.04. The SMILES string of the molecule is Cc1c(N2CCOCC2)c(C)n(Cc2ccccc2F)c1C(=O)NCc1ccc2c(c1)OCO2. The number of halogens is 1. The van der Waals surface area contributed by atoms with Crippen LogP contribution in [-0.2, 0) is 17.8 Å². The van der Waals surface area contributed by atoms with E-state index in [1.165, 1.54) is 6.07 Å². The topological polar surface area (TPSA) is 65.0 Å². The number of carbonyl (C=O) groups is 1. The number of morpholine rings is 1. The van der Waals surface area contributed by atoms with Gasteiger partial charge in [-0.05, 0) is 37.6 Å². The zero-order valence-corrected chi connectivity index (χ0v) is 19.4. The Balaban J connectivity index is 1.46. The molecule has 178 valence electrons. The van der Waals surface area contributed by atoms with Crippen LogP contribution in [0.25, 0.3) is 0 Å². The molecule has 1 fully saturated rings. The van der Waals surface area contributed by atoms with Gasteiger partial charge in [-0.2, -0.15) is 0 Å². The number of nitrogens with zero attached hydrogens (tertiary/aromatic N) is 2. The number of anilines is 1. The van der Waals surface area contributed by atoms with Crippen LogP contribution in [0.15, 0.2) is 42.5 Å². The summed E-state index contributed by atoms with van der Waals surface area (Å²) in [4.78, 5) is 15.7. The average molecular weight is 466 g/mol. The van der Waals surface area contributed by atoms with Crippen LogP contribution in [-0.4, -0.2) is 43.6 Å². The van der Waals surface area contributed by atoms with Crippen molar-refractivity contribution in [3.63, 3.8) is 0 Å². The second-order valence-corrected chi connectivity index (χ2v) is 8.55. The number of amides is 1. The summed E-state index contributed by atoms with van der Waals surface area (Å²) in [7, 11) is 0. The summed E-state index contributed by atoms with van der Waals surface area (Å²) >= 11 is 0. The number of benzene rings is 2. The summed E-state index contributed by atoms with van der Waals surface area (Å²) in [5.74, 6) is 0.897. The normalized spacial score (nSPS) is 15.0. The van der Waals surface area contributed by atoms with E-state index in [-0.39, 0.29) is 25.1 Å². The van der Waals surface area contributed by atoms with Gasteiger partial charge in [-0.15, -0.1) is 0 Å². The zero-order chi connectivity index (χ0) is 23.7. The van der Waals surface area contributed by atoms with Crippen molar-refractivity contribution in [3.8, 4) is 11.5 Å². The third-order valence-electron chi connectivity index (χ3n) is 6.45. The first-order valence-electron chi connectivity index (χ1n) is 11.5. The Hall–Kier alpha value is -3.52. The molecule has 0 unspecified atom stereocenters. The lowest BCUT2D eigenvalue weighted by molar-refractivity contribution is 0.0941. The summed E-state index contributed by atoms with van der Waals surface area (Å²) < 4.78 is 32.8. The summed E-state index contributed by atoms with van der Waals surface area (Å²) in [5.41, 5.74) is 4.84. The molecule has 2 aliphatic heterocycles. The van der Waals surface area contributed by atoms with Crippen LogP contribution < -0.4 is 19.7 Å². The monoisotopic (exact) mass is 465 g/mol. The van der Waals surface area contributed by atoms with E-state index in [1.54, 1.807) is 12.1 Å². The molecule has 0 radical (unpaired) electrons. The van der Waals surface area contributed by atoms with E-state index in [0.717, 1.165) is 35.6 Å². The van der Waals surface area contributed by atoms with Gasteiger partial charge in [-0.25, -0.2) is 4.39 Å². The molecule has 0 atom stereocenters. The fourth-order valence-corrected chi connectivity index (χ4v) is 4.74. The first-order valence-corrected chi connectivity index (χ1v) is 11.5. The lowest BCUT2D eigenvalue weighted by atomic mass is 10.1. The van der Waals surface area contributed by atoms with E-state index in [2.05, 4.69) is 10.2 Å². The molecule has 5 rings (SSSR count). The molecule has 34 heavy (non-hydrogen) atoms. The minimum absolute atomic E-state index is 0.200. The lowest BCUT2D eigenvalue weighted by Crippen LogP contribution is -2.36. The molecule has 3 aromatic rings. The van der Waals surface area contributed by atoms with Crippen LogP contribution in [0.3, 0.4) is 0 Å². The van der Waals surface area contributed by atoms with E-state index in [1.807, 2.05) is 42.7 Å². The van der Waals surface area contributed by atoms with Crippen molar-refractivity contribution in [2.75, 3.05) is 38.0 Å². The Morgan fingerprint density at radius 3 is 2.62 bits per heavy atom. The van der Waals surface area contributed by atoms with Crippen molar-refractivity contribution >= 4 is 11.6 Å². The molecule has 1 aromatic heterocycles. The van der Waals surface area contributed by atoms with Crippen molar-refractivity contribution in [1.82, 2.24) is 9.88 Å². The molecule has 0 spiro atoms. The maximum absolute atomic E-state index is 14.5. The molecule has 0 bridgehead atoms. The predicted octanol–water partition coefficient (Wildman–Crippen LogP) is 3.79. The van der Waals surface area contributed by atoms with Crippen LogP contribution in [0.5, 0.6) is 11.5 Å². The number of hydrogen-bond donors (Lipinski definition) is 1. The molecule has 1 N–H and O–H groups in total. The molecular weight excluding hydrogens is 437 g/mol. The van der Waals surface area contributed by atoms with Gasteiger partial charge in [0.25, 0.3) is 5.91 Å². The molecule has 2 aromatic carbocycles. The standard InChI is InChI=1S/C26H28FN3O4/c1-17-24(29-9-11-32-12-10-29)18(2)30(15-20-5-3-4-6-21(20)27)25(17)26(31)28-14-19-7-8-22-23(13-19)34-16-33-22/h3-8,13H,9-12,14-16H2,1-2H3,(H,28,31). The number of hydrogen-bond acceptors (Lipinski definition) is 5. The van der Waals surface area contributed by atoms with Crippen LogP contribution in [0.4, 0.5) is 10.1 Å². The van der Waals surface area contributed by atoms with Crippen LogP contribution in [0.1, 0.15) is 32.9 Å². The average Bonchev–Trinajstić information content (AvgIpc) is 3.41. The Labute approximate surface area is 198 Å². The second-order valence-electron chi connectivity index (χ2n) is 8.55. The number of ether oxygens (including phenoxy) is 3. The molecule has 1 amide bonds. The molecular formula is C26H28FN3O4. The van der Waals surface area contributed by atoms with Gasteiger partial charge in [0.05, 0.1) is 25.4 Å². The van der Waals surface area contributed by atoms with Crippen LogP contribution in [0, 0.1) is 19.7 Å². The van der Waals surface area contributed by atoms with Gasteiger partial charge in [0.2, 0.25) is 6.79 Å². The van der Waals surface area contributed by atoms with Gasteiger partial charge in [-0.3, -0.25) is 4.79 Å². The van der Waals surface area contributed by atoms with Crippen LogP contribution >= 0.6 is 0 Å². The number of aromatic nitrogens is 1. The molecule has 0 aliphatic carbocycles. The highest BCUT2D eigenvalue weighted by Gasteiger charge is 2.27. The van der Waals surface area contributed by atoms with Crippen molar-refractivity contribution in [1.29, 1.82) is 0 Å². The first kappa shape index (κ1) is 22.3. The lowest BCUT2D eigenvalue weighted by Gasteiger charge is -2.29. The number of nitrogens with one attached hydrogen (secondary N) is 1. The fourth-order valence-electron chi connectivity index (χ4n) is 4.74. The van der Waals surface area contributed by atoms with Gasteiger partial charge in [0.1, 0.15) is 11.5 Å². The van der Waals surface area contributed by atoms with Gasteiger partial charge in [0, 0.05) is 36.5 Å². The maximum atomic E-state index is 14.5. The van der Waals surface area contributed by atoms with Gasteiger partial charge in [-0.1, -0.05) is 24.3 Å². The fraction of sp³-hybridized carbons (Fsp3) is 0.346. The second kappa shape index (κ2) is 9.38. The highest BCUT2D eigenvalue weighted by atomic mass is 19.1. The van der Waals surface area contributed by atoms with Crippen molar-refractivity contribution < 1.29 is 23.4 Å². The molecule has 8 heteroatoms. The Morgan fingerprint density at radius 2 is 1.82 bits per heavy atom. The Kier molecular flexibility index (Phi) is 6.15. The van der Waals surface area contributed by atoms with Gasteiger partial charge >= 0.3 is 0 Å². The van der Waals surface area contributed by atoms with E-state index in [0.29, 0.717) is 42.5 Å². The third-order valence-corrected chi connectivity index (χ3v) is 6.45. The van der Waals surface area contributed by atoms with E-state index >= 15 is 0 Å². The summed E-state index contributed by atoms with van der Waals surface area (Å²) in [6.45, 7) is 7.57. The van der Waals surface area contributed by atoms with E-state index < -0.39 is 0 Å². The largest absolute Gasteiger partial charge is 0.454 e. The highest BCUT2D eigenvalue weighted by Crippen LogP contribution is 2.34. The molecule has 7 nitrogen and oxygen atoms in total. The number of rotatable bonds is 6. The number of carbonyl (C=O) groups excluding carboxylic acids is 1. The zero-order valence-electron chi connectivity index (χ0n) is 19.4. The van der Waals surface area contributed by atoms with E-state index in [9.17, 15) is 9.18 Å². The molecule has 0 saturated carbocycles.